The molecule has 1 atom stereocenters. The van der Waals surface area contributed by atoms with E-state index in [1.54, 1.807) is 4.90 Å². The van der Waals surface area contributed by atoms with Gasteiger partial charge in [0.25, 0.3) is 0 Å². The fraction of sp³-hybridized carbons (Fsp3) is 0.833. The van der Waals surface area contributed by atoms with E-state index in [4.69, 9.17) is 5.11 Å². The topological polar surface area (TPSA) is 60.9 Å². The minimum Gasteiger partial charge on any atom is -0.481 e. The Kier molecular flexibility index (Phi) is 5.41. The predicted octanol–water partition coefficient (Wildman–Crippen LogP) is 0.651. The summed E-state index contributed by atoms with van der Waals surface area (Å²) < 4.78 is 0. The molecule has 0 unspecified atom stereocenters. The summed E-state index contributed by atoms with van der Waals surface area (Å²) in [6, 6.07) is 0. The van der Waals surface area contributed by atoms with Gasteiger partial charge in [0.2, 0.25) is 5.91 Å². The van der Waals surface area contributed by atoms with Crippen molar-refractivity contribution >= 4 is 11.9 Å². The number of likely N-dealkylation sites (tertiary alicyclic amines) is 1. The largest absolute Gasteiger partial charge is 0.481 e. The molecule has 0 aromatic rings. The molecular weight excluding hydrogens is 220 g/mol. The Hall–Kier alpha value is -1.10. The fourth-order valence-corrected chi connectivity index (χ4v) is 2.01. The van der Waals surface area contributed by atoms with E-state index in [2.05, 4.69) is 6.92 Å². The summed E-state index contributed by atoms with van der Waals surface area (Å²) in [5.41, 5.74) is 0. The van der Waals surface area contributed by atoms with Crippen molar-refractivity contribution in [3.05, 3.63) is 0 Å². The standard InChI is InChI=1S/C12H22N2O3/c1-3-4-6-13(2)11(15)9-14-7-5-10(8-14)12(16)17/h10H,3-9H2,1-2H3,(H,16,17)/t10-/m0/s1. The first-order valence-corrected chi connectivity index (χ1v) is 6.23. The highest BCUT2D eigenvalue weighted by molar-refractivity contribution is 5.78. The van der Waals surface area contributed by atoms with Gasteiger partial charge in [-0.15, -0.1) is 0 Å². The van der Waals surface area contributed by atoms with Gasteiger partial charge in [0.1, 0.15) is 0 Å². The molecule has 0 spiro atoms. The third kappa shape index (κ3) is 4.34. The maximum absolute atomic E-state index is 11.8. The van der Waals surface area contributed by atoms with Crippen LogP contribution in [0.4, 0.5) is 0 Å². The van der Waals surface area contributed by atoms with Crippen LogP contribution in [0.15, 0.2) is 0 Å². The van der Waals surface area contributed by atoms with Gasteiger partial charge >= 0.3 is 5.97 Å². The van der Waals surface area contributed by atoms with Crippen molar-refractivity contribution in [2.24, 2.45) is 5.92 Å². The van der Waals surface area contributed by atoms with Crippen LogP contribution >= 0.6 is 0 Å². The Morgan fingerprint density at radius 1 is 1.47 bits per heavy atom. The first-order chi connectivity index (χ1) is 8.04. The van der Waals surface area contributed by atoms with Gasteiger partial charge in [-0.2, -0.15) is 0 Å². The summed E-state index contributed by atoms with van der Waals surface area (Å²) in [6.07, 6.45) is 2.74. The van der Waals surface area contributed by atoms with Crippen LogP contribution in [-0.4, -0.2) is 60.0 Å². The molecule has 5 nitrogen and oxygen atoms in total. The molecule has 0 radical (unpaired) electrons. The number of rotatable bonds is 6. The molecule has 1 aliphatic heterocycles. The van der Waals surface area contributed by atoms with Crippen molar-refractivity contribution in [2.45, 2.75) is 26.2 Å². The Labute approximate surface area is 102 Å². The first kappa shape index (κ1) is 14.0. The van der Waals surface area contributed by atoms with Crippen LogP contribution in [0.5, 0.6) is 0 Å². The Morgan fingerprint density at radius 3 is 2.71 bits per heavy atom. The molecule has 0 bridgehead atoms. The zero-order valence-electron chi connectivity index (χ0n) is 10.7. The molecular formula is C12H22N2O3. The minimum absolute atomic E-state index is 0.0875. The average molecular weight is 242 g/mol. The van der Waals surface area contributed by atoms with Gasteiger partial charge in [-0.25, -0.2) is 0 Å². The number of likely N-dealkylation sites (N-methyl/N-ethyl adjacent to an activating group) is 1. The molecule has 1 saturated heterocycles. The summed E-state index contributed by atoms with van der Waals surface area (Å²) >= 11 is 0. The van der Waals surface area contributed by atoms with Gasteiger partial charge in [-0.05, 0) is 19.4 Å². The van der Waals surface area contributed by atoms with E-state index < -0.39 is 5.97 Å². The smallest absolute Gasteiger partial charge is 0.307 e. The summed E-state index contributed by atoms with van der Waals surface area (Å²) in [7, 11) is 1.81. The molecule has 1 amide bonds. The lowest BCUT2D eigenvalue weighted by molar-refractivity contribution is -0.141. The third-order valence-electron chi connectivity index (χ3n) is 3.25. The number of carboxylic acids is 1. The molecule has 1 aliphatic rings. The predicted molar refractivity (Wildman–Crippen MR) is 64.7 cm³/mol. The van der Waals surface area contributed by atoms with E-state index in [0.717, 1.165) is 19.4 Å². The van der Waals surface area contributed by atoms with E-state index in [-0.39, 0.29) is 11.8 Å². The molecule has 17 heavy (non-hydrogen) atoms. The summed E-state index contributed by atoms with van der Waals surface area (Å²) in [5.74, 6) is -0.965. The van der Waals surface area contributed by atoms with Crippen LogP contribution in [0.2, 0.25) is 0 Å². The van der Waals surface area contributed by atoms with Crippen molar-refractivity contribution in [1.29, 1.82) is 0 Å². The highest BCUT2D eigenvalue weighted by Crippen LogP contribution is 2.15. The molecule has 1 heterocycles. The highest BCUT2D eigenvalue weighted by Gasteiger charge is 2.29. The lowest BCUT2D eigenvalue weighted by atomic mass is 10.1. The van der Waals surface area contributed by atoms with Crippen LogP contribution in [0.1, 0.15) is 26.2 Å². The van der Waals surface area contributed by atoms with Crippen LogP contribution in [0, 0.1) is 5.92 Å². The fourth-order valence-electron chi connectivity index (χ4n) is 2.01. The lowest BCUT2D eigenvalue weighted by Gasteiger charge is -2.21. The number of amides is 1. The second-order valence-corrected chi connectivity index (χ2v) is 4.73. The number of hydrogen-bond acceptors (Lipinski definition) is 3. The number of carbonyl (C=O) groups is 2. The second-order valence-electron chi connectivity index (χ2n) is 4.73. The monoisotopic (exact) mass is 242 g/mol. The van der Waals surface area contributed by atoms with E-state index >= 15 is 0 Å². The van der Waals surface area contributed by atoms with Crippen LogP contribution in [0.25, 0.3) is 0 Å². The Morgan fingerprint density at radius 2 is 2.18 bits per heavy atom. The quantitative estimate of drug-likeness (QED) is 0.743. The van der Waals surface area contributed by atoms with E-state index in [1.807, 2.05) is 11.9 Å². The van der Waals surface area contributed by atoms with Gasteiger partial charge < -0.3 is 10.0 Å². The maximum Gasteiger partial charge on any atom is 0.307 e. The molecule has 0 saturated carbocycles. The zero-order chi connectivity index (χ0) is 12.8. The van der Waals surface area contributed by atoms with E-state index in [0.29, 0.717) is 26.1 Å². The van der Waals surface area contributed by atoms with Crippen molar-refractivity contribution in [3.8, 4) is 0 Å². The summed E-state index contributed by atoms with van der Waals surface area (Å²) in [6.45, 7) is 4.44. The minimum atomic E-state index is -0.751. The lowest BCUT2D eigenvalue weighted by Crippen LogP contribution is -2.38. The van der Waals surface area contributed by atoms with E-state index in [9.17, 15) is 9.59 Å². The van der Waals surface area contributed by atoms with Crippen molar-refractivity contribution in [2.75, 3.05) is 33.2 Å². The third-order valence-corrected chi connectivity index (χ3v) is 3.25. The van der Waals surface area contributed by atoms with Gasteiger partial charge in [-0.1, -0.05) is 13.3 Å². The molecule has 5 heteroatoms. The Bertz CT molecular complexity index is 281. The highest BCUT2D eigenvalue weighted by atomic mass is 16.4. The molecule has 1 fully saturated rings. The number of unbranched alkanes of at least 4 members (excludes halogenated alkanes) is 1. The SMILES string of the molecule is CCCCN(C)C(=O)CN1CC[C@H](C(=O)O)C1. The van der Waals surface area contributed by atoms with Gasteiger partial charge in [0, 0.05) is 20.1 Å². The van der Waals surface area contributed by atoms with Crippen LogP contribution < -0.4 is 0 Å². The van der Waals surface area contributed by atoms with Gasteiger partial charge in [-0.3, -0.25) is 14.5 Å². The van der Waals surface area contributed by atoms with Crippen LogP contribution in [0.3, 0.4) is 0 Å². The van der Waals surface area contributed by atoms with Crippen molar-refractivity contribution in [3.63, 3.8) is 0 Å². The number of nitrogens with zero attached hydrogens (tertiary/aromatic N) is 2. The summed E-state index contributed by atoms with van der Waals surface area (Å²) in [4.78, 5) is 26.3. The normalized spacial score (nSPS) is 20.5. The number of hydrogen-bond donors (Lipinski definition) is 1. The molecule has 1 N–H and O–H groups in total. The van der Waals surface area contributed by atoms with Gasteiger partial charge in [0.05, 0.1) is 12.5 Å². The average Bonchev–Trinajstić information content (AvgIpc) is 2.74. The van der Waals surface area contributed by atoms with Gasteiger partial charge in [0.15, 0.2) is 0 Å². The Balaban J connectivity index is 2.30. The second kappa shape index (κ2) is 6.59. The molecule has 0 aromatic heterocycles. The molecule has 0 aromatic carbocycles. The molecule has 1 rings (SSSR count). The van der Waals surface area contributed by atoms with Crippen molar-refractivity contribution in [1.82, 2.24) is 9.80 Å². The maximum atomic E-state index is 11.8. The zero-order valence-corrected chi connectivity index (χ0v) is 10.7. The number of carboxylic acid groups (broad SMARTS) is 1. The van der Waals surface area contributed by atoms with Crippen LogP contribution in [-0.2, 0) is 9.59 Å². The van der Waals surface area contributed by atoms with E-state index in [1.165, 1.54) is 0 Å². The summed E-state index contributed by atoms with van der Waals surface area (Å²) in [5, 5.41) is 8.87. The number of carbonyl (C=O) groups excluding carboxylic acids is 1. The van der Waals surface area contributed by atoms with Crippen molar-refractivity contribution < 1.29 is 14.7 Å². The number of aliphatic carboxylic acids is 1. The first-order valence-electron chi connectivity index (χ1n) is 6.23. The molecule has 98 valence electrons. The molecule has 0 aliphatic carbocycles.